The molecule has 0 radical (unpaired) electrons. The fraction of sp³-hybridized carbons (Fsp3) is 0.310. The van der Waals surface area contributed by atoms with Gasteiger partial charge >= 0.3 is 0 Å². The summed E-state index contributed by atoms with van der Waals surface area (Å²) in [4.78, 5) is 12.9. The average Bonchev–Trinajstić information content (AvgIpc) is 3.26. The molecular weight excluding hydrogens is 441 g/mol. The minimum Gasteiger partial charge on any atom is -0.484 e. The Bertz CT molecular complexity index is 1280. The minimum atomic E-state index is -0.499. The second-order valence-electron chi connectivity index (χ2n) is 9.82. The third kappa shape index (κ3) is 5.70. The molecule has 0 aliphatic carbocycles. The predicted molar refractivity (Wildman–Crippen MR) is 137 cm³/mol. The number of nitrogens with zero attached hydrogens (tertiary/aromatic N) is 2. The number of aromatic nitrogens is 2. The lowest BCUT2D eigenvalue weighted by Crippen LogP contribution is -2.45. The van der Waals surface area contributed by atoms with Crippen molar-refractivity contribution < 1.29 is 13.9 Å². The van der Waals surface area contributed by atoms with Gasteiger partial charge in [0.2, 0.25) is 5.91 Å². The fourth-order valence-electron chi connectivity index (χ4n) is 4.04. The number of hydrogen-bond donors (Lipinski definition) is 1. The van der Waals surface area contributed by atoms with Crippen LogP contribution in [0.1, 0.15) is 52.2 Å². The first-order chi connectivity index (χ1) is 16.8. The maximum absolute atomic E-state index is 13.3. The number of fused-ring (bicyclic) bond motifs is 1. The number of benzene rings is 3. The Morgan fingerprint density at radius 2 is 1.77 bits per heavy atom. The van der Waals surface area contributed by atoms with Gasteiger partial charge in [-0.05, 0) is 54.4 Å². The zero-order valence-corrected chi connectivity index (χ0v) is 20.7. The summed E-state index contributed by atoms with van der Waals surface area (Å²) in [6.07, 6.45) is 3.11. The summed E-state index contributed by atoms with van der Waals surface area (Å²) in [6.45, 7) is 7.84. The van der Waals surface area contributed by atoms with Gasteiger partial charge in [-0.3, -0.25) is 4.79 Å². The molecule has 0 spiro atoms. The monoisotopic (exact) mass is 473 g/mol. The Labute approximate surface area is 205 Å². The Morgan fingerprint density at radius 1 is 1.06 bits per heavy atom. The number of ether oxygens (including phenoxy) is 1. The van der Waals surface area contributed by atoms with Crippen LogP contribution < -0.4 is 10.1 Å². The van der Waals surface area contributed by atoms with E-state index in [9.17, 15) is 9.18 Å². The summed E-state index contributed by atoms with van der Waals surface area (Å²) in [6, 6.07) is 21.9. The van der Waals surface area contributed by atoms with Gasteiger partial charge in [0, 0.05) is 10.8 Å². The Balaban J connectivity index is 1.66. The van der Waals surface area contributed by atoms with Gasteiger partial charge in [0.25, 0.3) is 0 Å². The third-order valence-electron chi connectivity index (χ3n) is 5.96. The number of amides is 1. The zero-order chi connectivity index (χ0) is 25.0. The highest BCUT2D eigenvalue weighted by atomic mass is 19.1. The normalized spacial score (nSPS) is 13.4. The third-order valence-corrected chi connectivity index (χ3v) is 5.96. The van der Waals surface area contributed by atoms with Crippen LogP contribution in [-0.2, 0) is 4.79 Å². The molecule has 1 heterocycles. The largest absolute Gasteiger partial charge is 0.484 e. The first-order valence-corrected chi connectivity index (χ1v) is 12.0. The highest BCUT2D eigenvalue weighted by molar-refractivity contribution is 5.82. The molecule has 0 unspecified atom stereocenters. The van der Waals surface area contributed by atoms with Crippen molar-refractivity contribution in [2.75, 3.05) is 0 Å². The lowest BCUT2D eigenvalue weighted by atomic mass is 9.92. The van der Waals surface area contributed by atoms with Gasteiger partial charge in [0.15, 0.2) is 0 Å². The Hall–Kier alpha value is -3.67. The van der Waals surface area contributed by atoms with Crippen molar-refractivity contribution in [2.24, 2.45) is 5.41 Å². The van der Waals surface area contributed by atoms with Crippen LogP contribution >= 0.6 is 0 Å². The van der Waals surface area contributed by atoms with Crippen LogP contribution in [0, 0.1) is 11.2 Å². The quantitative estimate of drug-likeness (QED) is 0.313. The van der Waals surface area contributed by atoms with E-state index in [4.69, 9.17) is 4.74 Å². The van der Waals surface area contributed by atoms with Crippen LogP contribution in [0.25, 0.3) is 16.6 Å². The molecule has 4 rings (SSSR count). The zero-order valence-electron chi connectivity index (χ0n) is 20.7. The van der Waals surface area contributed by atoms with Gasteiger partial charge in [-0.2, -0.15) is 5.10 Å². The van der Waals surface area contributed by atoms with Crippen LogP contribution in [0.3, 0.4) is 0 Å². The van der Waals surface area contributed by atoms with E-state index in [1.807, 2.05) is 69.3 Å². The molecule has 5 nitrogen and oxygen atoms in total. The van der Waals surface area contributed by atoms with E-state index in [-0.39, 0.29) is 23.9 Å². The predicted octanol–water partition coefficient (Wildman–Crippen LogP) is 6.62. The van der Waals surface area contributed by atoms with Gasteiger partial charge in [0.1, 0.15) is 17.7 Å². The number of carbonyl (C=O) groups is 1. The first-order valence-electron chi connectivity index (χ1n) is 12.0. The number of rotatable bonds is 8. The van der Waals surface area contributed by atoms with Crippen molar-refractivity contribution in [2.45, 2.75) is 52.7 Å². The van der Waals surface area contributed by atoms with E-state index in [2.05, 4.69) is 17.3 Å². The Kier molecular flexibility index (Phi) is 7.20. The second-order valence-corrected chi connectivity index (χ2v) is 9.82. The fourth-order valence-corrected chi connectivity index (χ4v) is 4.04. The molecule has 1 aromatic heterocycles. The summed E-state index contributed by atoms with van der Waals surface area (Å²) in [5, 5.41) is 8.63. The molecule has 1 N–H and O–H groups in total. The van der Waals surface area contributed by atoms with Gasteiger partial charge < -0.3 is 10.1 Å². The number of halogens is 1. The first kappa shape index (κ1) is 24.5. The summed E-state index contributed by atoms with van der Waals surface area (Å²) in [5.74, 6) is 0.403. The maximum atomic E-state index is 13.3. The lowest BCUT2D eigenvalue weighted by molar-refractivity contribution is -0.130. The van der Waals surface area contributed by atoms with E-state index >= 15 is 0 Å². The standard InChI is InChI=1S/C29H32FN3O2/c1-5-9-25(32-28(34)29(2,3)4)27(20-10-7-6-8-11-20)35-24-16-17-26-21(18-24)19-31-33(26)23-14-12-22(30)13-15-23/h6-8,10-19,25,27H,5,9H2,1-4H3,(H,32,34)/t25-,27-/m0/s1. The molecule has 3 aromatic carbocycles. The van der Waals surface area contributed by atoms with Gasteiger partial charge in [-0.25, -0.2) is 9.07 Å². The highest BCUT2D eigenvalue weighted by Crippen LogP contribution is 2.31. The molecule has 0 saturated heterocycles. The molecular formula is C29H32FN3O2. The van der Waals surface area contributed by atoms with Crippen molar-refractivity contribution in [1.29, 1.82) is 0 Å². The molecule has 6 heteroatoms. The summed E-state index contributed by atoms with van der Waals surface area (Å²) in [7, 11) is 0. The molecule has 0 aliphatic heterocycles. The molecule has 2 atom stereocenters. The van der Waals surface area contributed by atoms with Crippen LogP contribution in [-0.4, -0.2) is 21.7 Å². The van der Waals surface area contributed by atoms with Gasteiger partial charge in [0.05, 0.1) is 23.4 Å². The number of hydrogen-bond acceptors (Lipinski definition) is 3. The molecule has 35 heavy (non-hydrogen) atoms. The van der Waals surface area contributed by atoms with Crippen LogP contribution in [0.5, 0.6) is 5.75 Å². The average molecular weight is 474 g/mol. The van der Waals surface area contributed by atoms with E-state index in [1.165, 1.54) is 12.1 Å². The van der Waals surface area contributed by atoms with Crippen LogP contribution in [0.2, 0.25) is 0 Å². The minimum absolute atomic E-state index is 0.00323. The lowest BCUT2D eigenvalue weighted by Gasteiger charge is -2.31. The van der Waals surface area contributed by atoms with Gasteiger partial charge in [-0.1, -0.05) is 64.4 Å². The van der Waals surface area contributed by atoms with Crippen molar-refractivity contribution in [3.8, 4) is 11.4 Å². The molecule has 0 aliphatic rings. The SMILES string of the molecule is CCC[C@H](NC(=O)C(C)(C)C)[C@@H](Oc1ccc2c(cnn2-c2ccc(F)cc2)c1)c1ccccc1. The van der Waals surface area contributed by atoms with Crippen LogP contribution in [0.15, 0.2) is 79.0 Å². The van der Waals surface area contributed by atoms with E-state index < -0.39 is 5.41 Å². The molecule has 0 bridgehead atoms. The summed E-state index contributed by atoms with van der Waals surface area (Å²) in [5.41, 5.74) is 2.18. The summed E-state index contributed by atoms with van der Waals surface area (Å²) < 4.78 is 21.7. The molecule has 4 aromatic rings. The highest BCUT2D eigenvalue weighted by Gasteiger charge is 2.30. The number of nitrogens with one attached hydrogen (secondary N) is 1. The van der Waals surface area contributed by atoms with E-state index in [1.54, 1.807) is 23.0 Å². The molecule has 0 fully saturated rings. The van der Waals surface area contributed by atoms with Crippen LogP contribution in [0.4, 0.5) is 4.39 Å². The van der Waals surface area contributed by atoms with E-state index in [0.717, 1.165) is 35.0 Å². The van der Waals surface area contributed by atoms with Crippen molar-refractivity contribution in [3.63, 3.8) is 0 Å². The van der Waals surface area contributed by atoms with Gasteiger partial charge in [-0.15, -0.1) is 0 Å². The van der Waals surface area contributed by atoms with E-state index in [0.29, 0.717) is 5.75 Å². The second kappa shape index (κ2) is 10.3. The van der Waals surface area contributed by atoms with Crippen molar-refractivity contribution in [1.82, 2.24) is 15.1 Å². The van der Waals surface area contributed by atoms with Crippen molar-refractivity contribution >= 4 is 16.8 Å². The smallest absolute Gasteiger partial charge is 0.225 e. The summed E-state index contributed by atoms with van der Waals surface area (Å²) >= 11 is 0. The van der Waals surface area contributed by atoms with Crippen molar-refractivity contribution in [3.05, 3.63) is 90.4 Å². The number of carbonyl (C=O) groups excluding carboxylic acids is 1. The Morgan fingerprint density at radius 3 is 2.43 bits per heavy atom. The maximum Gasteiger partial charge on any atom is 0.225 e. The molecule has 182 valence electrons. The molecule has 1 amide bonds. The molecule has 0 saturated carbocycles. The topological polar surface area (TPSA) is 56.1 Å².